The van der Waals surface area contributed by atoms with Crippen LogP contribution in [-0.4, -0.2) is 33.5 Å². The van der Waals surface area contributed by atoms with Gasteiger partial charge in [0, 0.05) is 11.9 Å². The number of carbonyl (C=O) groups excluding carboxylic acids is 1. The summed E-state index contributed by atoms with van der Waals surface area (Å²) in [5.41, 5.74) is -0.522. The summed E-state index contributed by atoms with van der Waals surface area (Å²) in [4.78, 5) is 20.9. The highest BCUT2D eigenvalue weighted by Gasteiger charge is 2.47. The summed E-state index contributed by atoms with van der Waals surface area (Å²) in [5, 5.41) is 0. The second kappa shape index (κ2) is 6.56. The first-order valence-corrected chi connectivity index (χ1v) is 5.98. The van der Waals surface area contributed by atoms with Crippen molar-refractivity contribution in [2.24, 2.45) is 0 Å². The second-order valence-corrected chi connectivity index (χ2v) is 4.01. The second-order valence-electron chi connectivity index (χ2n) is 4.01. The highest BCUT2D eigenvalue weighted by atomic mass is 16.5. The number of imidazole rings is 1. The first-order chi connectivity index (χ1) is 9.62. The number of carbonyl (C=O) groups is 1. The fourth-order valence-electron chi connectivity index (χ4n) is 2.23. The smallest absolute Gasteiger partial charge is 0.337 e. The highest BCUT2D eigenvalue weighted by molar-refractivity contribution is 5.85. The largest absolute Gasteiger partial charge is 0.467 e. The van der Waals surface area contributed by atoms with Crippen molar-refractivity contribution in [2.75, 3.05) is 7.11 Å². The topological polar surface area (TPSA) is 58.2 Å². The van der Waals surface area contributed by atoms with E-state index in [9.17, 15) is 4.79 Å². The minimum Gasteiger partial charge on any atom is -0.467 e. The van der Waals surface area contributed by atoms with E-state index in [4.69, 9.17) is 4.74 Å². The molecule has 1 heterocycles. The molecule has 1 N–H and O–H groups in total. The predicted molar refractivity (Wildman–Crippen MR) is 78.7 cm³/mol. The van der Waals surface area contributed by atoms with E-state index in [0.717, 1.165) is 0 Å². The predicted octanol–water partition coefficient (Wildman–Crippen LogP) is 2.37. The molecule has 106 valence electrons. The summed E-state index contributed by atoms with van der Waals surface area (Å²) in [6, 6.07) is 0. The number of nitrogens with zero attached hydrogens (tertiary/aromatic N) is 2. The van der Waals surface area contributed by atoms with Crippen LogP contribution in [0, 0.1) is 0 Å². The molecule has 0 amide bonds. The summed E-state index contributed by atoms with van der Waals surface area (Å²) >= 11 is 0. The number of methoxy groups -OCH3 is 1. The Kier molecular flexibility index (Phi) is 5.08. The molecule has 0 fully saturated rings. The molecule has 5 heteroatoms. The Morgan fingerprint density at radius 3 is 2.45 bits per heavy atom. The molecule has 1 rings (SSSR count). The van der Waals surface area contributed by atoms with Crippen molar-refractivity contribution < 1.29 is 9.53 Å². The third-order valence-corrected chi connectivity index (χ3v) is 3.21. The summed E-state index contributed by atoms with van der Waals surface area (Å²) in [6.45, 7) is 15.0. The number of aromatic nitrogens is 2. The van der Waals surface area contributed by atoms with Crippen molar-refractivity contribution in [3.05, 3.63) is 69.1 Å². The van der Waals surface area contributed by atoms with E-state index >= 15 is 0 Å². The molecular formula is C15H19N3O2. The van der Waals surface area contributed by atoms with Crippen LogP contribution in [0.2, 0.25) is 0 Å². The Bertz CT molecular complexity index is 499. The molecule has 0 saturated heterocycles. The van der Waals surface area contributed by atoms with Crippen LogP contribution in [0.25, 0.3) is 0 Å². The van der Waals surface area contributed by atoms with E-state index in [1.807, 2.05) is 0 Å². The van der Waals surface area contributed by atoms with Crippen molar-refractivity contribution in [2.45, 2.75) is 11.5 Å². The molecule has 20 heavy (non-hydrogen) atoms. The Labute approximate surface area is 119 Å². The molecule has 0 aliphatic carbocycles. The number of hydrogen-bond acceptors (Lipinski definition) is 4. The zero-order chi connectivity index (χ0) is 15.2. The molecule has 0 radical (unpaired) electrons. The average Bonchev–Trinajstić information content (AvgIpc) is 3.00. The van der Waals surface area contributed by atoms with Gasteiger partial charge in [-0.2, -0.15) is 0 Å². The number of nitrogens with one attached hydrogen (secondary N) is 1. The summed E-state index contributed by atoms with van der Waals surface area (Å²) in [7, 11) is 1.32. The Morgan fingerprint density at radius 2 is 2.10 bits per heavy atom. The van der Waals surface area contributed by atoms with Gasteiger partial charge in [-0.3, -0.25) is 0 Å². The molecule has 1 unspecified atom stereocenters. The quantitative estimate of drug-likeness (QED) is 0.583. The van der Waals surface area contributed by atoms with Crippen molar-refractivity contribution in [1.82, 2.24) is 14.9 Å². The van der Waals surface area contributed by atoms with Crippen LogP contribution in [0.3, 0.4) is 0 Å². The van der Waals surface area contributed by atoms with Gasteiger partial charge in [-0.25, -0.2) is 9.78 Å². The fraction of sp³-hybridized carbons (Fsp3) is 0.200. The number of H-pyrrole nitrogens is 1. The lowest BCUT2D eigenvalue weighted by molar-refractivity contribution is -0.150. The third kappa shape index (κ3) is 2.30. The minimum atomic E-state index is -1.23. The van der Waals surface area contributed by atoms with Crippen LogP contribution in [0.1, 0.15) is 11.6 Å². The van der Waals surface area contributed by atoms with Gasteiger partial charge in [-0.15, -0.1) is 13.2 Å². The molecule has 0 aliphatic rings. The molecule has 1 aromatic rings. The minimum absolute atomic E-state index is 0.453. The van der Waals surface area contributed by atoms with Crippen LogP contribution in [0.15, 0.2) is 63.4 Å². The van der Waals surface area contributed by atoms with Gasteiger partial charge >= 0.3 is 5.97 Å². The molecule has 0 saturated carbocycles. The first-order valence-electron chi connectivity index (χ1n) is 5.98. The normalized spacial score (nSPS) is 14.4. The van der Waals surface area contributed by atoms with Crippen LogP contribution in [-0.2, 0) is 9.53 Å². The monoisotopic (exact) mass is 273 g/mol. The Hall–Kier alpha value is -2.56. The van der Waals surface area contributed by atoms with Gasteiger partial charge < -0.3 is 14.6 Å². The zero-order valence-corrected chi connectivity index (χ0v) is 11.6. The lowest BCUT2D eigenvalue weighted by atomic mass is 9.80. The molecule has 0 aliphatic heterocycles. The van der Waals surface area contributed by atoms with Gasteiger partial charge in [0.15, 0.2) is 5.54 Å². The molecular weight excluding hydrogens is 254 g/mol. The highest BCUT2D eigenvalue weighted by Crippen LogP contribution is 2.36. The molecule has 0 spiro atoms. The maximum Gasteiger partial charge on any atom is 0.337 e. The summed E-state index contributed by atoms with van der Waals surface area (Å²) in [6.07, 6.45) is 9.25. The van der Waals surface area contributed by atoms with Crippen molar-refractivity contribution in [3.63, 3.8) is 0 Å². The summed E-state index contributed by atoms with van der Waals surface area (Å²) < 4.78 is 4.94. The Balaban J connectivity index is 3.52. The molecule has 0 bridgehead atoms. The zero-order valence-electron chi connectivity index (χ0n) is 11.6. The van der Waals surface area contributed by atoms with E-state index in [-0.39, 0.29) is 0 Å². The number of esters is 1. The van der Waals surface area contributed by atoms with E-state index < -0.39 is 17.4 Å². The molecule has 1 aromatic heterocycles. The van der Waals surface area contributed by atoms with Crippen LogP contribution in [0.4, 0.5) is 0 Å². The van der Waals surface area contributed by atoms with Crippen molar-refractivity contribution in [3.8, 4) is 0 Å². The number of aromatic amines is 1. The standard InChI is InChI=1S/C15H19N3O2/c1-6-12(13-10-16-11-17-13)15(7-2,14(19)20-5)18(8-3)9-4/h6-12H,1-4H2,5H3,(H,16,17)/t12?,15-/m0/s1. The average molecular weight is 273 g/mol. The van der Waals surface area contributed by atoms with E-state index in [0.29, 0.717) is 5.69 Å². The lowest BCUT2D eigenvalue weighted by Gasteiger charge is -2.40. The SMILES string of the molecule is C=CC(c1cnc[nH]1)[C@@](C=C)(C(=O)OC)N(C=C)C=C. The fourth-order valence-corrected chi connectivity index (χ4v) is 2.23. The van der Waals surface area contributed by atoms with Crippen molar-refractivity contribution >= 4 is 5.97 Å². The van der Waals surface area contributed by atoms with Gasteiger partial charge in [0.1, 0.15) is 0 Å². The number of ether oxygens (including phenoxy) is 1. The number of rotatable bonds is 8. The third-order valence-electron chi connectivity index (χ3n) is 3.21. The van der Waals surface area contributed by atoms with Gasteiger partial charge in [0.2, 0.25) is 0 Å². The van der Waals surface area contributed by atoms with Crippen LogP contribution in [0.5, 0.6) is 0 Å². The van der Waals surface area contributed by atoms with Crippen molar-refractivity contribution in [1.29, 1.82) is 0 Å². The molecule has 2 atom stereocenters. The van der Waals surface area contributed by atoms with E-state index in [1.54, 1.807) is 17.2 Å². The summed E-state index contributed by atoms with van der Waals surface area (Å²) in [5.74, 6) is -0.947. The number of hydrogen-bond donors (Lipinski definition) is 1. The van der Waals surface area contributed by atoms with Gasteiger partial charge in [-0.1, -0.05) is 25.3 Å². The van der Waals surface area contributed by atoms with Gasteiger partial charge in [-0.05, 0) is 12.4 Å². The lowest BCUT2D eigenvalue weighted by Crippen LogP contribution is -2.53. The maximum atomic E-state index is 12.4. The van der Waals surface area contributed by atoms with Gasteiger partial charge in [0.25, 0.3) is 0 Å². The maximum absolute atomic E-state index is 12.4. The first kappa shape index (κ1) is 15.5. The Morgan fingerprint density at radius 1 is 1.45 bits per heavy atom. The van der Waals surface area contributed by atoms with Crippen LogP contribution >= 0.6 is 0 Å². The van der Waals surface area contributed by atoms with Gasteiger partial charge in [0.05, 0.1) is 19.4 Å². The van der Waals surface area contributed by atoms with Crippen LogP contribution < -0.4 is 0 Å². The molecule has 0 aromatic carbocycles. The van der Waals surface area contributed by atoms with E-state index in [2.05, 4.69) is 36.3 Å². The van der Waals surface area contributed by atoms with E-state index in [1.165, 1.54) is 31.9 Å². The molecule has 5 nitrogen and oxygen atoms in total.